The van der Waals surface area contributed by atoms with E-state index in [0.717, 1.165) is 25.9 Å². The maximum Gasteiger partial charge on any atom is 0.263 e. The molecule has 0 saturated carbocycles. The number of carbonyl (C=O) groups excluding carboxylic acids is 1. The van der Waals surface area contributed by atoms with Crippen LogP contribution in [-0.4, -0.2) is 58.1 Å². The summed E-state index contributed by atoms with van der Waals surface area (Å²) in [6.45, 7) is 1.82. The Hall–Kier alpha value is -2.58. The Labute approximate surface area is 177 Å². The van der Waals surface area contributed by atoms with E-state index in [2.05, 4.69) is 17.3 Å². The second-order valence-electron chi connectivity index (χ2n) is 7.93. The minimum atomic E-state index is -3.69. The molecule has 1 saturated heterocycles. The summed E-state index contributed by atoms with van der Waals surface area (Å²) in [6, 6.07) is 16.1. The summed E-state index contributed by atoms with van der Waals surface area (Å²) in [5.74, 6) is 0.00810. The van der Waals surface area contributed by atoms with Crippen LogP contribution in [0.3, 0.4) is 0 Å². The standard InChI is InChI=1S/C22H27N3O4S/c1-24-13-11-18(12-14-24)23-22(26)21-15-25(19-9-5-6-10-20(19)29-21)30(27,28)16-17-7-3-2-4-8-17/h2-10,18,21H,11-16H2,1H3,(H,23,26)/t21-/m1/s1. The number of rotatable bonds is 5. The summed E-state index contributed by atoms with van der Waals surface area (Å²) >= 11 is 0. The fourth-order valence-corrected chi connectivity index (χ4v) is 5.49. The predicted molar refractivity (Wildman–Crippen MR) is 116 cm³/mol. The second kappa shape index (κ2) is 8.65. The van der Waals surface area contributed by atoms with Gasteiger partial charge in [0, 0.05) is 6.04 Å². The van der Waals surface area contributed by atoms with Gasteiger partial charge in [-0.05, 0) is 50.7 Å². The van der Waals surface area contributed by atoms with E-state index in [1.807, 2.05) is 18.2 Å². The highest BCUT2D eigenvalue weighted by Crippen LogP contribution is 2.35. The van der Waals surface area contributed by atoms with E-state index in [1.54, 1.807) is 36.4 Å². The first kappa shape index (κ1) is 20.7. The summed E-state index contributed by atoms with van der Waals surface area (Å²) in [4.78, 5) is 15.1. The lowest BCUT2D eigenvalue weighted by atomic mass is 10.1. The molecule has 7 nitrogen and oxygen atoms in total. The molecule has 0 bridgehead atoms. The molecule has 1 fully saturated rings. The SMILES string of the molecule is CN1CCC(NC(=O)[C@H]2CN(S(=O)(=O)Cc3ccccc3)c3ccccc3O2)CC1. The number of sulfonamides is 1. The highest BCUT2D eigenvalue weighted by Gasteiger charge is 2.37. The molecule has 8 heteroatoms. The second-order valence-corrected chi connectivity index (χ2v) is 9.83. The Bertz CT molecular complexity index is 988. The molecule has 2 aromatic rings. The monoisotopic (exact) mass is 429 g/mol. The van der Waals surface area contributed by atoms with Crippen molar-refractivity contribution in [1.29, 1.82) is 0 Å². The molecular weight excluding hydrogens is 402 g/mol. The van der Waals surface area contributed by atoms with Gasteiger partial charge in [0.15, 0.2) is 6.10 Å². The molecule has 2 aliphatic rings. The van der Waals surface area contributed by atoms with E-state index in [-0.39, 0.29) is 24.2 Å². The third kappa shape index (κ3) is 4.60. The molecule has 1 amide bonds. The van der Waals surface area contributed by atoms with Crippen LogP contribution in [0.4, 0.5) is 5.69 Å². The van der Waals surface area contributed by atoms with E-state index >= 15 is 0 Å². The van der Waals surface area contributed by atoms with Gasteiger partial charge in [0.25, 0.3) is 5.91 Å². The molecule has 0 aromatic heterocycles. The molecule has 160 valence electrons. The average molecular weight is 430 g/mol. The van der Waals surface area contributed by atoms with Crippen LogP contribution in [0.2, 0.25) is 0 Å². The van der Waals surface area contributed by atoms with E-state index < -0.39 is 16.1 Å². The van der Waals surface area contributed by atoms with Crippen molar-refractivity contribution in [2.75, 3.05) is 31.0 Å². The molecule has 2 aromatic carbocycles. The number of benzene rings is 2. The van der Waals surface area contributed by atoms with Crippen LogP contribution in [0.15, 0.2) is 54.6 Å². The average Bonchev–Trinajstić information content (AvgIpc) is 2.75. The number of para-hydroxylation sites is 2. The van der Waals surface area contributed by atoms with Crippen molar-refractivity contribution in [3.05, 3.63) is 60.2 Å². The Balaban J connectivity index is 1.54. The van der Waals surface area contributed by atoms with Gasteiger partial charge in [-0.25, -0.2) is 8.42 Å². The third-order valence-electron chi connectivity index (χ3n) is 5.62. The maximum absolute atomic E-state index is 13.2. The van der Waals surface area contributed by atoms with E-state index in [9.17, 15) is 13.2 Å². The van der Waals surface area contributed by atoms with Crippen molar-refractivity contribution >= 4 is 21.6 Å². The molecule has 4 rings (SSSR count). The van der Waals surface area contributed by atoms with Crippen LogP contribution in [0.1, 0.15) is 18.4 Å². The zero-order chi connectivity index (χ0) is 21.1. The van der Waals surface area contributed by atoms with Crippen LogP contribution in [0.25, 0.3) is 0 Å². The van der Waals surface area contributed by atoms with Crippen LogP contribution in [0, 0.1) is 0 Å². The number of ether oxygens (including phenoxy) is 1. The van der Waals surface area contributed by atoms with Gasteiger partial charge in [0.1, 0.15) is 5.75 Å². The number of piperidine rings is 1. The van der Waals surface area contributed by atoms with Crippen molar-refractivity contribution in [2.45, 2.75) is 30.7 Å². The Morgan fingerprint density at radius 1 is 1.07 bits per heavy atom. The van der Waals surface area contributed by atoms with Gasteiger partial charge < -0.3 is 15.0 Å². The number of anilines is 1. The fraction of sp³-hybridized carbons (Fsp3) is 0.409. The Morgan fingerprint density at radius 3 is 2.47 bits per heavy atom. The molecule has 2 aliphatic heterocycles. The lowest BCUT2D eigenvalue weighted by Crippen LogP contribution is -2.54. The largest absolute Gasteiger partial charge is 0.476 e. The van der Waals surface area contributed by atoms with E-state index in [1.165, 1.54) is 4.31 Å². The summed E-state index contributed by atoms with van der Waals surface area (Å²) in [5, 5.41) is 3.05. The number of likely N-dealkylation sites (tertiary alicyclic amines) is 1. The van der Waals surface area contributed by atoms with Gasteiger partial charge in [-0.15, -0.1) is 0 Å². The number of carbonyl (C=O) groups is 1. The van der Waals surface area contributed by atoms with Gasteiger partial charge in [0.2, 0.25) is 10.0 Å². The molecule has 30 heavy (non-hydrogen) atoms. The number of fused-ring (bicyclic) bond motifs is 1. The topological polar surface area (TPSA) is 79.0 Å². The number of nitrogens with one attached hydrogen (secondary N) is 1. The van der Waals surface area contributed by atoms with Crippen molar-refractivity contribution in [3.8, 4) is 5.75 Å². The number of amides is 1. The number of nitrogens with zero attached hydrogens (tertiary/aromatic N) is 2. The highest BCUT2D eigenvalue weighted by molar-refractivity contribution is 7.92. The molecular formula is C22H27N3O4S. The normalized spacial score (nSPS) is 20.3. The highest BCUT2D eigenvalue weighted by atomic mass is 32.2. The number of hydrogen-bond donors (Lipinski definition) is 1. The molecule has 0 spiro atoms. The van der Waals surface area contributed by atoms with Crippen molar-refractivity contribution in [1.82, 2.24) is 10.2 Å². The third-order valence-corrected chi connectivity index (χ3v) is 7.34. The molecule has 1 atom stereocenters. The van der Waals surface area contributed by atoms with Gasteiger partial charge >= 0.3 is 0 Å². The molecule has 0 aliphatic carbocycles. The first-order chi connectivity index (χ1) is 14.4. The van der Waals surface area contributed by atoms with Gasteiger partial charge in [-0.1, -0.05) is 42.5 Å². The molecule has 0 radical (unpaired) electrons. The van der Waals surface area contributed by atoms with Crippen molar-refractivity contribution in [2.24, 2.45) is 0 Å². The molecule has 1 N–H and O–H groups in total. The summed E-state index contributed by atoms with van der Waals surface area (Å²) in [5.41, 5.74) is 1.17. The smallest absolute Gasteiger partial charge is 0.263 e. The van der Waals surface area contributed by atoms with E-state index in [0.29, 0.717) is 17.0 Å². The summed E-state index contributed by atoms with van der Waals surface area (Å²) < 4.78 is 33.7. The van der Waals surface area contributed by atoms with Gasteiger partial charge in [-0.3, -0.25) is 9.10 Å². The molecule has 0 unspecified atom stereocenters. The fourth-order valence-electron chi connectivity index (χ4n) is 3.91. The Kier molecular flexibility index (Phi) is 5.97. The quantitative estimate of drug-likeness (QED) is 0.787. The zero-order valence-corrected chi connectivity index (χ0v) is 17.8. The molecule has 2 heterocycles. The van der Waals surface area contributed by atoms with Gasteiger partial charge in [0.05, 0.1) is 18.0 Å². The summed E-state index contributed by atoms with van der Waals surface area (Å²) in [6.07, 6.45) is 0.869. The minimum absolute atomic E-state index is 0.0371. The van der Waals surface area contributed by atoms with Gasteiger partial charge in [-0.2, -0.15) is 0 Å². The zero-order valence-electron chi connectivity index (χ0n) is 17.0. The maximum atomic E-state index is 13.2. The van der Waals surface area contributed by atoms with Crippen LogP contribution in [0.5, 0.6) is 5.75 Å². The Morgan fingerprint density at radius 2 is 1.73 bits per heavy atom. The summed E-state index contributed by atoms with van der Waals surface area (Å²) in [7, 11) is -1.63. The lowest BCUT2D eigenvalue weighted by molar-refractivity contribution is -0.128. The van der Waals surface area contributed by atoms with Crippen LogP contribution >= 0.6 is 0 Å². The van der Waals surface area contributed by atoms with Crippen molar-refractivity contribution < 1.29 is 17.9 Å². The van der Waals surface area contributed by atoms with Crippen molar-refractivity contribution in [3.63, 3.8) is 0 Å². The van der Waals surface area contributed by atoms with Crippen LogP contribution < -0.4 is 14.4 Å². The van der Waals surface area contributed by atoms with E-state index in [4.69, 9.17) is 4.74 Å². The first-order valence-electron chi connectivity index (χ1n) is 10.2. The number of hydrogen-bond acceptors (Lipinski definition) is 5. The lowest BCUT2D eigenvalue weighted by Gasteiger charge is -2.36. The first-order valence-corrected chi connectivity index (χ1v) is 11.8. The minimum Gasteiger partial charge on any atom is -0.476 e. The predicted octanol–water partition coefficient (Wildman–Crippen LogP) is 1.99. The van der Waals surface area contributed by atoms with Crippen LogP contribution in [-0.2, 0) is 20.6 Å².